The summed E-state index contributed by atoms with van der Waals surface area (Å²) in [5.74, 6) is -9.74. The number of amides is 12. The molecule has 1 spiro atoms. The fourth-order valence-electron chi connectivity index (χ4n) is 15.9. The number of hydrogen-bond donors (Lipinski definition) is 4. The molecule has 4 aliphatic heterocycles. The van der Waals surface area contributed by atoms with Gasteiger partial charge in [-0.25, -0.2) is 0 Å². The number of fused-ring (bicyclic) bond motifs is 2. The predicted molar refractivity (Wildman–Crippen MR) is 375 cm³/mol. The van der Waals surface area contributed by atoms with Crippen LogP contribution in [0.3, 0.4) is 0 Å². The van der Waals surface area contributed by atoms with E-state index in [1.807, 2.05) is 13.8 Å². The molecule has 0 bridgehead atoms. The van der Waals surface area contributed by atoms with Crippen LogP contribution in [-0.2, 0) is 70.1 Å². The van der Waals surface area contributed by atoms with E-state index in [1.165, 1.54) is 84.7 Å². The van der Waals surface area contributed by atoms with E-state index in [4.69, 9.17) is 11.6 Å². The Balaban J connectivity index is 1.30. The van der Waals surface area contributed by atoms with Crippen molar-refractivity contribution in [1.29, 1.82) is 0 Å². The molecule has 0 aromatic heterocycles. The molecular formula is C73H112ClF3N12O13. The molecule has 570 valence electrons. The third-order valence-corrected chi connectivity index (χ3v) is 22.7. The fraction of sp³-hybridized carbons (Fsp3) is 0.753. The number of nitrogens with zero attached hydrogens (tertiary/aromatic N) is 9. The van der Waals surface area contributed by atoms with Gasteiger partial charge in [0.2, 0.25) is 70.9 Å². The molecule has 2 saturated carbocycles. The van der Waals surface area contributed by atoms with Gasteiger partial charge in [0, 0.05) is 68.5 Å². The molecule has 7 rings (SSSR count). The number of carbonyl (C=O) groups excluding carboxylic acids is 12. The smallest absolute Gasteiger partial charge is 0.391 e. The summed E-state index contributed by atoms with van der Waals surface area (Å²) < 4.78 is 41.7. The molecule has 4 heterocycles. The number of piperidine rings is 1. The highest BCUT2D eigenvalue weighted by atomic mass is 35.5. The average Bonchev–Trinajstić information content (AvgIpc) is 0.982. The van der Waals surface area contributed by atoms with Crippen molar-refractivity contribution in [2.75, 3.05) is 75.0 Å². The van der Waals surface area contributed by atoms with E-state index in [1.54, 1.807) is 32.6 Å². The third-order valence-electron chi connectivity index (χ3n) is 22.4. The van der Waals surface area contributed by atoms with Gasteiger partial charge in [-0.15, -0.1) is 0 Å². The van der Waals surface area contributed by atoms with Crippen LogP contribution in [0, 0.1) is 23.7 Å². The molecule has 6 fully saturated rings. The molecular weight excluding hydrogens is 1350 g/mol. The van der Waals surface area contributed by atoms with Crippen LogP contribution in [0.2, 0.25) is 5.02 Å². The van der Waals surface area contributed by atoms with E-state index in [-0.39, 0.29) is 81.9 Å². The number of likely N-dealkylation sites (tertiary alicyclic amines) is 1. The van der Waals surface area contributed by atoms with Crippen molar-refractivity contribution < 1.29 is 75.8 Å². The predicted octanol–water partition coefficient (Wildman–Crippen LogP) is 5.39. The molecule has 0 unspecified atom stereocenters. The van der Waals surface area contributed by atoms with Crippen LogP contribution in [0.4, 0.5) is 13.2 Å². The molecule has 25 nitrogen and oxygen atoms in total. The summed E-state index contributed by atoms with van der Waals surface area (Å²) in [5, 5.41) is 19.6. The van der Waals surface area contributed by atoms with Gasteiger partial charge in [0.1, 0.15) is 59.9 Å². The van der Waals surface area contributed by atoms with Gasteiger partial charge in [0.15, 0.2) is 0 Å². The highest BCUT2D eigenvalue weighted by Crippen LogP contribution is 2.38. The number of alkyl halides is 3. The number of aryl methyl sites for hydroxylation is 1. The first kappa shape index (κ1) is 82.2. The Labute approximate surface area is 604 Å². The lowest BCUT2D eigenvalue weighted by atomic mass is 9.84. The maximum atomic E-state index is 15.5. The van der Waals surface area contributed by atoms with Gasteiger partial charge in [0.05, 0.1) is 29.7 Å². The monoisotopic (exact) mass is 1460 g/mol. The molecule has 11 atom stereocenters. The van der Waals surface area contributed by atoms with Crippen molar-refractivity contribution in [3.63, 3.8) is 0 Å². The highest BCUT2D eigenvalue weighted by molar-refractivity contribution is 6.31. The number of nitrogens with one attached hydrogen (secondary N) is 3. The van der Waals surface area contributed by atoms with Crippen LogP contribution < -0.4 is 16.0 Å². The first-order valence-electron chi connectivity index (χ1n) is 36.9. The Morgan fingerprint density at radius 3 is 1.83 bits per heavy atom. The molecule has 29 heteroatoms. The first-order valence-corrected chi connectivity index (χ1v) is 37.3. The van der Waals surface area contributed by atoms with Gasteiger partial charge in [-0.2, -0.15) is 13.2 Å². The quantitative estimate of drug-likeness (QED) is 0.204. The van der Waals surface area contributed by atoms with E-state index in [0.717, 1.165) is 60.5 Å². The molecule has 0 radical (unpaired) electrons. The number of halogens is 4. The lowest BCUT2D eigenvalue weighted by Gasteiger charge is -2.46. The number of aliphatic hydroxyl groups excluding tert-OH is 1. The summed E-state index contributed by atoms with van der Waals surface area (Å²) in [5.41, 5.74) is -2.39. The van der Waals surface area contributed by atoms with Crippen molar-refractivity contribution >= 4 is 82.5 Å². The van der Waals surface area contributed by atoms with Gasteiger partial charge >= 0.3 is 6.18 Å². The first-order chi connectivity index (χ1) is 48.0. The Bertz CT molecular complexity index is 3210. The van der Waals surface area contributed by atoms with Crippen LogP contribution in [0.5, 0.6) is 0 Å². The van der Waals surface area contributed by atoms with Gasteiger partial charge in [-0.1, -0.05) is 111 Å². The van der Waals surface area contributed by atoms with Crippen molar-refractivity contribution in [3.05, 3.63) is 34.3 Å². The Morgan fingerprint density at radius 2 is 1.26 bits per heavy atom. The Hall–Kier alpha value is -7.10. The van der Waals surface area contributed by atoms with Crippen LogP contribution in [0.25, 0.3) is 0 Å². The zero-order chi connectivity index (χ0) is 75.6. The topological polar surface area (TPSA) is 290 Å². The zero-order valence-electron chi connectivity index (χ0n) is 62.1. The van der Waals surface area contributed by atoms with Crippen LogP contribution in [-0.4, -0.2) is 261 Å². The minimum atomic E-state index is -4.77. The maximum absolute atomic E-state index is 15.5. The Morgan fingerprint density at radius 1 is 0.637 bits per heavy atom. The number of likely N-dealkylation sites (N-methyl/N-ethyl adjacent to an activating group) is 6. The SMILES string of the molecule is CC[C@H](C)[C@@H]1NC(=O)[C@H](CC(C)C)N(C)C(=O)C[C@@H](C(=O)N2CCCCC2)N(C)C(=O)[C@H](C(C)C)N(C)C(=O)C2(CCCC2)NC(=O)[C@@H]2CCCN2C(=O)[C@H](CCc2ccc(C(F)(F)F)c(Cl)c2)NC(=O)CN(C)C(=O)[C@H](CC2CCCCC2)N(C)C(=O)[C@@H]2CCN2C(=O)[C@H]([C@@H](C)O)N(C)C1=O. The summed E-state index contributed by atoms with van der Waals surface area (Å²) >= 11 is 6.16. The molecule has 102 heavy (non-hydrogen) atoms. The second-order valence-corrected chi connectivity index (χ2v) is 30.9. The van der Waals surface area contributed by atoms with Gasteiger partial charge in [-0.3, -0.25) is 57.5 Å². The second kappa shape index (κ2) is 35.6. The normalized spacial score (nSPS) is 27.8. The molecule has 12 amide bonds. The van der Waals surface area contributed by atoms with Gasteiger partial charge in [0.25, 0.3) is 0 Å². The maximum Gasteiger partial charge on any atom is 0.417 e. The van der Waals surface area contributed by atoms with Crippen LogP contribution in [0.1, 0.15) is 188 Å². The van der Waals surface area contributed by atoms with Crippen molar-refractivity contribution in [3.8, 4) is 0 Å². The highest BCUT2D eigenvalue weighted by Gasteiger charge is 2.52. The lowest BCUT2D eigenvalue weighted by molar-refractivity contribution is -0.163. The molecule has 2 aliphatic carbocycles. The second-order valence-electron chi connectivity index (χ2n) is 30.5. The van der Waals surface area contributed by atoms with Crippen molar-refractivity contribution in [1.82, 2.24) is 60.0 Å². The molecule has 1 aromatic carbocycles. The van der Waals surface area contributed by atoms with Crippen molar-refractivity contribution in [2.45, 2.75) is 255 Å². The number of aliphatic hydroxyl groups is 1. The summed E-state index contributed by atoms with van der Waals surface area (Å²) in [6.07, 6.45) is 1.70. The van der Waals surface area contributed by atoms with Crippen LogP contribution in [0.15, 0.2) is 18.2 Å². The van der Waals surface area contributed by atoms with Crippen LogP contribution >= 0.6 is 11.6 Å². The number of rotatable bonds is 12. The summed E-state index contributed by atoms with van der Waals surface area (Å²) in [6, 6.07) is -8.72. The Kier molecular flexibility index (Phi) is 28.7. The number of benzene rings is 1. The average molecular weight is 1460 g/mol. The largest absolute Gasteiger partial charge is 0.417 e. The minimum Gasteiger partial charge on any atom is -0.391 e. The molecule has 1 aromatic rings. The fourth-order valence-corrected chi connectivity index (χ4v) is 16.2. The van der Waals surface area contributed by atoms with E-state index < -0.39 is 178 Å². The van der Waals surface area contributed by atoms with E-state index >= 15 is 38.4 Å². The number of hydrogen-bond acceptors (Lipinski definition) is 13. The molecule has 4 N–H and O–H groups in total. The number of carbonyl (C=O) groups is 12. The van der Waals surface area contributed by atoms with Gasteiger partial charge < -0.3 is 65.2 Å². The third kappa shape index (κ3) is 19.2. The summed E-state index contributed by atoms with van der Waals surface area (Å²) in [7, 11) is 8.38. The van der Waals surface area contributed by atoms with E-state index in [9.17, 15) is 37.5 Å². The van der Waals surface area contributed by atoms with Gasteiger partial charge in [-0.05, 0) is 125 Å². The van der Waals surface area contributed by atoms with E-state index in [0.29, 0.717) is 51.6 Å². The summed E-state index contributed by atoms with van der Waals surface area (Å²) in [4.78, 5) is 192. The minimum absolute atomic E-state index is 0.0145. The van der Waals surface area contributed by atoms with Crippen molar-refractivity contribution in [2.24, 2.45) is 23.7 Å². The zero-order valence-corrected chi connectivity index (χ0v) is 62.8. The van der Waals surface area contributed by atoms with E-state index in [2.05, 4.69) is 16.0 Å². The summed E-state index contributed by atoms with van der Waals surface area (Å²) in [6.45, 7) is 12.1. The molecule has 6 aliphatic rings. The standard InChI is InChI=1S/C73H112ClF3N12O13/c1-14-45(6)59-68(99)85(12)61(46(7)90)70(101)89-37-31-53(89)66(97)83(10)55(40-47-24-17-15-18-25-47)65(96)81(8)42-57(91)78-51(30-28-48-27-29-49(50(74)39-48)73(75,76)77)64(95)88-36-23-26-52(88)63(94)80-72(32-19-20-33-72)71(102)86(13)60(44(4)5)69(100)84(11)56(67(98)87-34-21-16-22-35-87)41-58(92)82(9)54(38-43(2)3)62(93)79-59/h27,29,39,43-47,51-56,59-61,90H,14-26,28,30-38,40-42H2,1-13H3,(H,78,91)(H,79,93)(H,80,94)/t45-,46+,51-,52-,53-,54-,55-,56-,59-,60-,61-/m0/s1. The molecule has 4 saturated heterocycles. The lowest BCUT2D eigenvalue weighted by Crippen LogP contribution is -2.67.